The first-order valence-electron chi connectivity index (χ1n) is 10.7. The number of amides is 1. The highest BCUT2D eigenvalue weighted by molar-refractivity contribution is 14.1. The number of methoxy groups -OCH3 is 1. The number of rotatable bonds is 5. The lowest BCUT2D eigenvalue weighted by atomic mass is 9.82. The van der Waals surface area contributed by atoms with Gasteiger partial charge in [-0.1, -0.05) is 37.3 Å². The van der Waals surface area contributed by atoms with Gasteiger partial charge >= 0.3 is 0 Å². The number of aliphatic hydroxyl groups excluding tert-OH is 1. The van der Waals surface area contributed by atoms with E-state index >= 15 is 0 Å². The molecule has 1 spiro atoms. The maximum absolute atomic E-state index is 13.7. The molecule has 7 heteroatoms. The van der Waals surface area contributed by atoms with E-state index < -0.39 is 13.7 Å². The van der Waals surface area contributed by atoms with Gasteiger partial charge in [-0.3, -0.25) is 4.79 Å². The van der Waals surface area contributed by atoms with Crippen molar-refractivity contribution in [1.82, 2.24) is 0 Å². The molecule has 0 bridgehead atoms. The van der Waals surface area contributed by atoms with Crippen LogP contribution in [-0.4, -0.2) is 46.0 Å². The van der Waals surface area contributed by atoms with Crippen LogP contribution in [-0.2, 0) is 15.1 Å². The average molecular weight is 551 g/mol. The number of nitrogens with zero attached hydrogens (tertiary/aromatic N) is 1. The number of ether oxygens (including phenoxy) is 2. The molecule has 0 saturated carbocycles. The van der Waals surface area contributed by atoms with Gasteiger partial charge < -0.3 is 19.5 Å². The van der Waals surface area contributed by atoms with Crippen molar-refractivity contribution in [2.45, 2.75) is 43.7 Å². The van der Waals surface area contributed by atoms with Gasteiger partial charge in [0.05, 0.1) is 27.0 Å². The van der Waals surface area contributed by atoms with Crippen molar-refractivity contribution >= 4 is 47.4 Å². The van der Waals surface area contributed by atoms with E-state index in [2.05, 4.69) is 60.8 Å². The summed E-state index contributed by atoms with van der Waals surface area (Å²) in [6.07, 6.45) is 0.351. The van der Waals surface area contributed by atoms with Crippen molar-refractivity contribution in [2.75, 3.05) is 25.7 Å². The number of benzene rings is 2. The Morgan fingerprint density at radius 3 is 2.52 bits per heavy atom. The van der Waals surface area contributed by atoms with E-state index in [-0.39, 0.29) is 30.1 Å². The Morgan fingerprint density at radius 2 is 1.90 bits per heavy atom. The van der Waals surface area contributed by atoms with Crippen molar-refractivity contribution in [3.05, 3.63) is 51.6 Å². The van der Waals surface area contributed by atoms with E-state index in [1.165, 1.54) is 5.19 Å². The molecule has 0 aromatic heterocycles. The fourth-order valence-electron chi connectivity index (χ4n) is 5.79. The molecule has 5 nitrogen and oxygen atoms in total. The topological polar surface area (TPSA) is 59.0 Å². The van der Waals surface area contributed by atoms with E-state index in [9.17, 15) is 9.90 Å². The van der Waals surface area contributed by atoms with Crippen molar-refractivity contribution < 1.29 is 19.4 Å². The Kier molecular flexibility index (Phi) is 6.00. The summed E-state index contributed by atoms with van der Waals surface area (Å²) in [5.41, 5.74) is 1.06. The highest BCUT2D eigenvalue weighted by atomic mass is 127. The predicted octanol–water partition coefficient (Wildman–Crippen LogP) is 3.87. The summed E-state index contributed by atoms with van der Waals surface area (Å²) < 4.78 is 13.2. The summed E-state index contributed by atoms with van der Waals surface area (Å²) in [4.78, 5) is 15.4. The first-order chi connectivity index (χ1) is 14.7. The molecule has 166 valence electrons. The Labute approximate surface area is 198 Å². The molecule has 1 fully saturated rings. The fourth-order valence-corrected chi connectivity index (χ4v) is 10.3. The van der Waals surface area contributed by atoms with E-state index in [1.807, 2.05) is 31.3 Å². The molecule has 1 amide bonds. The highest BCUT2D eigenvalue weighted by Gasteiger charge is 2.65. The number of carbonyl (C=O) groups is 1. The lowest BCUT2D eigenvalue weighted by Gasteiger charge is -2.37. The minimum absolute atomic E-state index is 0.00182. The standard InChI is InChI=1S/C24H30INO4Si/c1-15-22(31(4,5)18-9-7-17(29-3)8-10-18)21(12-13-27)30-24(15)19-14-16(25)6-11-20(19)26(2)23(24)28/h6-11,14-15,21-22,27H,12-13H2,1-5H3/t15-,21+,22-,24+/m0/s1. The first kappa shape index (κ1) is 22.8. The molecule has 2 aliphatic rings. The number of hydrogen-bond acceptors (Lipinski definition) is 4. The molecule has 2 aromatic rings. The van der Waals surface area contributed by atoms with Crippen LogP contribution in [0.5, 0.6) is 5.75 Å². The zero-order chi connectivity index (χ0) is 22.6. The zero-order valence-electron chi connectivity index (χ0n) is 18.7. The number of aliphatic hydroxyl groups is 1. The number of likely N-dealkylation sites (N-methyl/N-ethyl adjacent to an activating group) is 1. The summed E-state index contributed by atoms with van der Waals surface area (Å²) in [5.74, 6) is 0.827. The van der Waals surface area contributed by atoms with Crippen LogP contribution in [0, 0.1) is 9.49 Å². The largest absolute Gasteiger partial charge is 0.497 e. The molecule has 0 radical (unpaired) electrons. The molecule has 2 aromatic carbocycles. The van der Waals surface area contributed by atoms with Crippen LogP contribution in [0.1, 0.15) is 18.9 Å². The Morgan fingerprint density at radius 1 is 1.23 bits per heavy atom. The van der Waals surface area contributed by atoms with Crippen LogP contribution in [0.25, 0.3) is 0 Å². The molecule has 1 N–H and O–H groups in total. The molecule has 31 heavy (non-hydrogen) atoms. The highest BCUT2D eigenvalue weighted by Crippen LogP contribution is 2.59. The lowest BCUT2D eigenvalue weighted by molar-refractivity contribution is -0.146. The van der Waals surface area contributed by atoms with Gasteiger partial charge in [0.1, 0.15) is 5.75 Å². The summed E-state index contributed by atoms with van der Waals surface area (Å²) in [5, 5.41) is 11.1. The van der Waals surface area contributed by atoms with Gasteiger partial charge in [0.15, 0.2) is 5.60 Å². The molecule has 2 aliphatic heterocycles. The van der Waals surface area contributed by atoms with Crippen molar-refractivity contribution in [3.63, 3.8) is 0 Å². The van der Waals surface area contributed by atoms with Crippen molar-refractivity contribution in [3.8, 4) is 5.75 Å². The third kappa shape index (κ3) is 3.35. The van der Waals surface area contributed by atoms with Crippen molar-refractivity contribution in [1.29, 1.82) is 0 Å². The van der Waals surface area contributed by atoms with Gasteiger partial charge in [0.25, 0.3) is 5.91 Å². The average Bonchev–Trinajstić information content (AvgIpc) is 3.16. The van der Waals surface area contributed by atoms with Gasteiger partial charge in [-0.05, 0) is 64.9 Å². The predicted molar refractivity (Wildman–Crippen MR) is 134 cm³/mol. The SMILES string of the molecule is COc1ccc([Si](C)(C)[C@@H]2[C@@H](CCO)O[C@]3(C(=O)N(C)c4ccc(I)cc43)[C@H]2C)cc1. The minimum atomic E-state index is -2.09. The molecule has 1 saturated heterocycles. The fraction of sp³-hybridized carbons (Fsp3) is 0.458. The van der Waals surface area contributed by atoms with E-state index in [4.69, 9.17) is 9.47 Å². The molecule has 0 aliphatic carbocycles. The Bertz CT molecular complexity index is 996. The van der Waals surface area contributed by atoms with E-state index in [0.29, 0.717) is 6.42 Å². The van der Waals surface area contributed by atoms with Crippen LogP contribution >= 0.6 is 22.6 Å². The number of halogens is 1. The molecule has 4 rings (SSSR count). The molecule has 2 heterocycles. The molecule has 4 atom stereocenters. The van der Waals surface area contributed by atoms with Crippen LogP contribution in [0.15, 0.2) is 42.5 Å². The monoisotopic (exact) mass is 551 g/mol. The van der Waals surface area contributed by atoms with Gasteiger partial charge in [0, 0.05) is 28.7 Å². The van der Waals surface area contributed by atoms with Crippen LogP contribution in [0.4, 0.5) is 5.69 Å². The second-order valence-electron chi connectivity index (χ2n) is 9.19. The third-order valence-electron chi connectivity index (χ3n) is 7.34. The molecular formula is C24H30INO4Si. The number of anilines is 1. The number of carbonyl (C=O) groups excluding carboxylic acids is 1. The molecule has 0 unspecified atom stereocenters. The van der Waals surface area contributed by atoms with Crippen LogP contribution in [0.2, 0.25) is 18.6 Å². The summed E-state index contributed by atoms with van der Waals surface area (Å²) >= 11 is 2.29. The summed E-state index contributed by atoms with van der Waals surface area (Å²) in [7, 11) is 1.42. The number of hydrogen-bond donors (Lipinski definition) is 1. The normalized spacial score (nSPS) is 27.8. The smallest absolute Gasteiger partial charge is 0.264 e. The first-order valence-corrected chi connectivity index (χ1v) is 14.9. The Hall–Kier alpha value is -1.42. The van der Waals surface area contributed by atoms with Crippen molar-refractivity contribution in [2.24, 2.45) is 5.92 Å². The van der Waals surface area contributed by atoms with E-state index in [0.717, 1.165) is 20.6 Å². The van der Waals surface area contributed by atoms with Crippen LogP contribution < -0.4 is 14.8 Å². The maximum atomic E-state index is 13.7. The zero-order valence-corrected chi connectivity index (χ0v) is 21.8. The summed E-state index contributed by atoms with van der Waals surface area (Å²) in [6.45, 7) is 6.91. The van der Waals surface area contributed by atoms with Gasteiger partial charge in [-0.15, -0.1) is 0 Å². The maximum Gasteiger partial charge on any atom is 0.264 e. The third-order valence-corrected chi connectivity index (χ3v) is 12.4. The Balaban J connectivity index is 1.83. The van der Waals surface area contributed by atoms with Gasteiger partial charge in [-0.2, -0.15) is 0 Å². The second kappa shape index (κ2) is 8.17. The van der Waals surface area contributed by atoms with Gasteiger partial charge in [-0.25, -0.2) is 0 Å². The lowest BCUT2D eigenvalue weighted by Crippen LogP contribution is -2.51. The van der Waals surface area contributed by atoms with Gasteiger partial charge in [0.2, 0.25) is 0 Å². The second-order valence-corrected chi connectivity index (χ2v) is 15.1. The quantitative estimate of drug-likeness (QED) is 0.453. The van der Waals surface area contributed by atoms with Crippen LogP contribution in [0.3, 0.4) is 0 Å². The van der Waals surface area contributed by atoms with E-state index in [1.54, 1.807) is 12.0 Å². The molecular weight excluding hydrogens is 521 g/mol. The summed E-state index contributed by atoms with van der Waals surface area (Å²) in [6, 6.07) is 14.5. The number of fused-ring (bicyclic) bond motifs is 2. The minimum Gasteiger partial charge on any atom is -0.497 e.